The van der Waals surface area contributed by atoms with E-state index in [-0.39, 0.29) is 0 Å². The summed E-state index contributed by atoms with van der Waals surface area (Å²) in [4.78, 5) is 0. The van der Waals surface area contributed by atoms with Crippen LogP contribution in [0.15, 0.2) is 60.8 Å². The molecule has 1 fully saturated rings. The van der Waals surface area contributed by atoms with Crippen molar-refractivity contribution < 1.29 is 4.57 Å². The Labute approximate surface area is 162 Å². The van der Waals surface area contributed by atoms with Crippen LogP contribution in [0.1, 0.15) is 48.8 Å². The van der Waals surface area contributed by atoms with Crippen molar-refractivity contribution in [2.45, 2.75) is 50.9 Å². The van der Waals surface area contributed by atoms with Gasteiger partial charge < -0.3 is 0 Å². The number of rotatable bonds is 2. The van der Waals surface area contributed by atoms with Gasteiger partial charge in [0.15, 0.2) is 6.20 Å². The van der Waals surface area contributed by atoms with Crippen LogP contribution in [0.3, 0.4) is 0 Å². The van der Waals surface area contributed by atoms with Crippen molar-refractivity contribution in [3.8, 4) is 22.4 Å². The first kappa shape index (κ1) is 16.7. The number of aryl methyl sites for hydroxylation is 3. The molecule has 1 nitrogen and oxygen atoms in total. The fraction of sp³-hybridized carbons (Fsp3) is 0.346. The molecule has 0 saturated heterocycles. The number of fused-ring (bicyclic) bond motifs is 2. The molecule has 1 spiro atoms. The second-order valence-corrected chi connectivity index (χ2v) is 8.59. The van der Waals surface area contributed by atoms with Crippen LogP contribution in [0.25, 0.3) is 22.4 Å². The average molecular weight is 355 g/mol. The van der Waals surface area contributed by atoms with Gasteiger partial charge >= 0.3 is 0 Å². The maximum absolute atomic E-state index is 2.51. The summed E-state index contributed by atoms with van der Waals surface area (Å²) < 4.78 is 2.27. The molecular weight excluding hydrogens is 326 g/mol. The fourth-order valence-electron chi connectivity index (χ4n) is 5.47. The van der Waals surface area contributed by atoms with Crippen molar-refractivity contribution >= 4 is 0 Å². The van der Waals surface area contributed by atoms with Gasteiger partial charge in [0.05, 0.1) is 0 Å². The minimum absolute atomic E-state index is 0.495. The molecule has 0 aliphatic heterocycles. The van der Waals surface area contributed by atoms with E-state index in [0.29, 0.717) is 5.41 Å². The van der Waals surface area contributed by atoms with Crippen molar-refractivity contribution in [1.29, 1.82) is 0 Å². The van der Waals surface area contributed by atoms with Gasteiger partial charge in [0.25, 0.3) is 0 Å². The highest BCUT2D eigenvalue weighted by Crippen LogP contribution is 2.50. The smallest absolute Gasteiger partial charge is 0.200 e. The molecule has 1 heteroatoms. The molecular formula is C26H28N+. The van der Waals surface area contributed by atoms with Crippen LogP contribution in [-0.4, -0.2) is 0 Å². The molecule has 27 heavy (non-hydrogen) atoms. The lowest BCUT2D eigenvalue weighted by atomic mass is 9.79. The summed E-state index contributed by atoms with van der Waals surface area (Å²) in [5.41, 5.74) is 10.3. The third-order valence-corrected chi connectivity index (χ3v) is 7.00. The lowest BCUT2D eigenvalue weighted by Crippen LogP contribution is -2.30. The topological polar surface area (TPSA) is 3.88 Å². The fourth-order valence-corrected chi connectivity index (χ4v) is 5.47. The lowest BCUT2D eigenvalue weighted by Gasteiger charge is -2.24. The second-order valence-electron chi connectivity index (χ2n) is 8.59. The van der Waals surface area contributed by atoms with Gasteiger partial charge in [0, 0.05) is 17.2 Å². The van der Waals surface area contributed by atoms with E-state index < -0.39 is 0 Å². The van der Waals surface area contributed by atoms with Crippen molar-refractivity contribution in [3.05, 3.63) is 77.5 Å². The van der Waals surface area contributed by atoms with Gasteiger partial charge in [-0.1, -0.05) is 49.2 Å². The van der Waals surface area contributed by atoms with Crippen LogP contribution in [0.2, 0.25) is 0 Å². The number of hydrogen-bond donors (Lipinski definition) is 0. The first-order chi connectivity index (χ1) is 13.2. The minimum Gasteiger partial charge on any atom is -0.200 e. The van der Waals surface area contributed by atoms with E-state index in [2.05, 4.69) is 79.3 Å². The van der Waals surface area contributed by atoms with Crippen LogP contribution < -0.4 is 4.57 Å². The van der Waals surface area contributed by atoms with E-state index in [4.69, 9.17) is 0 Å². The van der Waals surface area contributed by atoms with E-state index in [1.165, 1.54) is 66.5 Å². The number of aromatic nitrogens is 1. The SMILES string of the molecule is Cc1ccccc1-c1ccc(-c2ccc3c(c2)C2(CCCC2)CC3)c[n+]1C. The Kier molecular flexibility index (Phi) is 3.93. The maximum Gasteiger partial charge on any atom is 0.212 e. The monoisotopic (exact) mass is 354 g/mol. The first-order valence-corrected chi connectivity index (χ1v) is 10.4. The Hall–Kier alpha value is -2.41. The quantitative estimate of drug-likeness (QED) is 0.504. The molecule has 0 radical (unpaired) electrons. The van der Waals surface area contributed by atoms with Gasteiger partial charge in [0.1, 0.15) is 7.05 Å². The molecule has 2 aliphatic carbocycles. The standard InChI is InChI=1S/C26H28N/c1-19-7-3-4-8-23(19)25-12-11-22(18-27(25)2)21-10-9-20-13-16-26(24(20)17-21)14-5-6-15-26/h3-4,7-12,17-18H,5-6,13-16H2,1-2H3/q+1. The summed E-state index contributed by atoms with van der Waals surface area (Å²) >= 11 is 0. The van der Waals surface area contributed by atoms with Crippen LogP contribution in [0, 0.1) is 6.92 Å². The summed E-state index contributed by atoms with van der Waals surface area (Å²) in [6, 6.07) is 20.4. The molecule has 0 atom stereocenters. The van der Waals surface area contributed by atoms with Gasteiger partial charge in [0.2, 0.25) is 5.69 Å². The number of nitrogens with zero attached hydrogens (tertiary/aromatic N) is 1. The molecule has 1 saturated carbocycles. The highest BCUT2D eigenvalue weighted by molar-refractivity contribution is 5.68. The summed E-state index contributed by atoms with van der Waals surface area (Å²) in [5.74, 6) is 0. The van der Waals surface area contributed by atoms with Crippen LogP contribution in [0.4, 0.5) is 0 Å². The molecule has 2 aliphatic rings. The number of benzene rings is 2. The molecule has 0 unspecified atom stereocenters. The Bertz CT molecular complexity index is 1010. The number of pyridine rings is 1. The van der Waals surface area contributed by atoms with E-state index in [0.717, 1.165) is 0 Å². The molecule has 2 aromatic carbocycles. The van der Waals surface area contributed by atoms with E-state index in [9.17, 15) is 0 Å². The minimum atomic E-state index is 0.495. The normalized spacial score (nSPS) is 17.4. The molecule has 5 rings (SSSR count). The Morgan fingerprint density at radius 3 is 2.41 bits per heavy atom. The summed E-state index contributed by atoms with van der Waals surface area (Å²) in [6.07, 6.45) is 10.5. The van der Waals surface area contributed by atoms with Crippen molar-refractivity contribution in [1.82, 2.24) is 0 Å². The van der Waals surface area contributed by atoms with Crippen LogP contribution in [0.5, 0.6) is 0 Å². The third-order valence-electron chi connectivity index (χ3n) is 7.00. The zero-order valence-corrected chi connectivity index (χ0v) is 16.5. The molecule has 0 amide bonds. The van der Waals surface area contributed by atoms with Crippen LogP contribution >= 0.6 is 0 Å². The molecule has 1 aromatic heterocycles. The maximum atomic E-state index is 2.51. The second kappa shape index (κ2) is 6.34. The molecule has 1 heterocycles. The Morgan fingerprint density at radius 1 is 0.852 bits per heavy atom. The average Bonchev–Trinajstić information content (AvgIpc) is 3.31. The highest BCUT2D eigenvalue weighted by Gasteiger charge is 2.40. The number of hydrogen-bond acceptors (Lipinski definition) is 0. The summed E-state index contributed by atoms with van der Waals surface area (Å²) in [6.45, 7) is 2.19. The van der Waals surface area contributed by atoms with Gasteiger partial charge in [-0.15, -0.1) is 0 Å². The van der Waals surface area contributed by atoms with E-state index in [1.807, 2.05) is 0 Å². The zero-order chi connectivity index (χ0) is 18.4. The summed E-state index contributed by atoms with van der Waals surface area (Å²) in [7, 11) is 2.16. The van der Waals surface area contributed by atoms with Crippen molar-refractivity contribution in [2.24, 2.45) is 7.05 Å². The van der Waals surface area contributed by atoms with E-state index in [1.54, 1.807) is 11.1 Å². The van der Waals surface area contributed by atoms with Gasteiger partial charge in [-0.3, -0.25) is 0 Å². The molecule has 0 N–H and O–H groups in total. The first-order valence-electron chi connectivity index (χ1n) is 10.4. The van der Waals surface area contributed by atoms with Gasteiger partial charge in [-0.25, -0.2) is 4.57 Å². The largest absolute Gasteiger partial charge is 0.212 e. The molecule has 136 valence electrons. The molecule has 0 bridgehead atoms. The zero-order valence-electron chi connectivity index (χ0n) is 16.5. The predicted molar refractivity (Wildman–Crippen MR) is 112 cm³/mol. The van der Waals surface area contributed by atoms with Crippen molar-refractivity contribution in [2.75, 3.05) is 0 Å². The van der Waals surface area contributed by atoms with Crippen LogP contribution in [-0.2, 0) is 18.9 Å². The Morgan fingerprint density at radius 2 is 1.63 bits per heavy atom. The Balaban J connectivity index is 1.55. The van der Waals surface area contributed by atoms with Crippen molar-refractivity contribution in [3.63, 3.8) is 0 Å². The van der Waals surface area contributed by atoms with E-state index >= 15 is 0 Å². The predicted octanol–water partition coefficient (Wildman–Crippen LogP) is 5.91. The summed E-state index contributed by atoms with van der Waals surface area (Å²) in [5, 5.41) is 0. The third kappa shape index (κ3) is 2.72. The van der Waals surface area contributed by atoms with Gasteiger partial charge in [-0.05, 0) is 72.4 Å². The highest BCUT2D eigenvalue weighted by atomic mass is 14.9. The van der Waals surface area contributed by atoms with Gasteiger partial charge in [-0.2, -0.15) is 0 Å². The molecule has 3 aromatic rings. The lowest BCUT2D eigenvalue weighted by molar-refractivity contribution is -0.659.